The first kappa shape index (κ1) is 15.0. The van der Waals surface area contributed by atoms with Crippen LogP contribution < -0.4 is 11.1 Å². The minimum Gasteiger partial charge on any atom is -0.481 e. The second-order valence-corrected chi connectivity index (χ2v) is 5.82. The molecule has 18 heavy (non-hydrogen) atoms. The summed E-state index contributed by atoms with van der Waals surface area (Å²) in [5.41, 5.74) is 5.06. The Morgan fingerprint density at radius 2 is 1.89 bits per heavy atom. The predicted octanol–water partition coefficient (Wildman–Crippen LogP) is 1.12. The lowest BCUT2D eigenvalue weighted by Crippen LogP contribution is -2.45. The molecule has 0 aromatic rings. The van der Waals surface area contributed by atoms with Gasteiger partial charge in [0.25, 0.3) is 0 Å². The van der Waals surface area contributed by atoms with Gasteiger partial charge in [0, 0.05) is 12.6 Å². The molecule has 5 nitrogen and oxygen atoms in total. The van der Waals surface area contributed by atoms with Crippen molar-refractivity contribution in [1.82, 2.24) is 5.32 Å². The first-order valence-corrected chi connectivity index (χ1v) is 6.61. The van der Waals surface area contributed by atoms with E-state index in [1.807, 2.05) is 0 Å². The molecule has 0 aliphatic heterocycles. The molecule has 2 unspecified atom stereocenters. The average molecular weight is 256 g/mol. The van der Waals surface area contributed by atoms with Gasteiger partial charge in [0.2, 0.25) is 5.91 Å². The highest BCUT2D eigenvalue weighted by Crippen LogP contribution is 2.23. The number of nitrogens with two attached hydrogens (primary N) is 1. The largest absolute Gasteiger partial charge is 0.481 e. The van der Waals surface area contributed by atoms with E-state index in [0.717, 1.165) is 32.1 Å². The van der Waals surface area contributed by atoms with Crippen molar-refractivity contribution in [3.63, 3.8) is 0 Å². The van der Waals surface area contributed by atoms with Crippen LogP contribution in [0.1, 0.15) is 46.0 Å². The highest BCUT2D eigenvalue weighted by atomic mass is 16.4. The zero-order valence-electron chi connectivity index (χ0n) is 11.2. The van der Waals surface area contributed by atoms with Crippen LogP contribution in [0.5, 0.6) is 0 Å². The molecule has 1 aliphatic rings. The standard InChI is InChI=1S/C13H24N2O3/c1-13(2,12(17)18)8-15-11(16)9-6-4-3-5-7-10(9)14/h9-10H,3-8,14H2,1-2H3,(H,15,16)(H,17,18). The first-order valence-electron chi connectivity index (χ1n) is 6.61. The second-order valence-electron chi connectivity index (χ2n) is 5.82. The van der Waals surface area contributed by atoms with Crippen molar-refractivity contribution in [2.45, 2.75) is 52.0 Å². The normalized spacial score (nSPS) is 25.3. The molecule has 0 saturated heterocycles. The van der Waals surface area contributed by atoms with Gasteiger partial charge in [-0.2, -0.15) is 0 Å². The minimum atomic E-state index is -0.940. The van der Waals surface area contributed by atoms with Gasteiger partial charge in [-0.05, 0) is 26.7 Å². The van der Waals surface area contributed by atoms with Crippen LogP contribution in [0, 0.1) is 11.3 Å². The van der Waals surface area contributed by atoms with Gasteiger partial charge in [0.1, 0.15) is 0 Å². The van der Waals surface area contributed by atoms with E-state index < -0.39 is 11.4 Å². The highest BCUT2D eigenvalue weighted by Gasteiger charge is 2.31. The van der Waals surface area contributed by atoms with Gasteiger partial charge in [0.05, 0.1) is 11.3 Å². The summed E-state index contributed by atoms with van der Waals surface area (Å²) < 4.78 is 0. The van der Waals surface area contributed by atoms with Gasteiger partial charge < -0.3 is 16.2 Å². The lowest BCUT2D eigenvalue weighted by Gasteiger charge is -2.24. The van der Waals surface area contributed by atoms with Crippen LogP contribution in [0.15, 0.2) is 0 Å². The lowest BCUT2D eigenvalue weighted by molar-refractivity contribution is -0.146. The number of amides is 1. The van der Waals surface area contributed by atoms with Crippen molar-refractivity contribution in [2.24, 2.45) is 17.1 Å². The number of carboxylic acids is 1. The Hall–Kier alpha value is -1.10. The summed E-state index contributed by atoms with van der Waals surface area (Å²) in [6.07, 6.45) is 4.90. The van der Waals surface area contributed by atoms with Crippen LogP contribution in [0.3, 0.4) is 0 Å². The fourth-order valence-electron chi connectivity index (χ4n) is 2.18. The van der Waals surface area contributed by atoms with E-state index in [1.54, 1.807) is 13.8 Å². The Kier molecular flexibility index (Phi) is 5.14. The quantitative estimate of drug-likeness (QED) is 0.657. The number of hydrogen-bond donors (Lipinski definition) is 3. The fourth-order valence-corrected chi connectivity index (χ4v) is 2.18. The number of carbonyl (C=O) groups excluding carboxylic acids is 1. The lowest BCUT2D eigenvalue weighted by atomic mass is 9.91. The van der Waals surface area contributed by atoms with Crippen LogP contribution in [0.25, 0.3) is 0 Å². The summed E-state index contributed by atoms with van der Waals surface area (Å²) >= 11 is 0. The molecule has 1 amide bonds. The SMILES string of the molecule is CC(C)(CNC(=O)C1CCCCCC1N)C(=O)O. The molecule has 0 aromatic heterocycles. The minimum absolute atomic E-state index is 0.0968. The van der Waals surface area contributed by atoms with Gasteiger partial charge in [-0.3, -0.25) is 9.59 Å². The molecule has 0 spiro atoms. The Morgan fingerprint density at radius 3 is 2.50 bits per heavy atom. The Morgan fingerprint density at radius 1 is 1.28 bits per heavy atom. The van der Waals surface area contributed by atoms with Crippen molar-refractivity contribution < 1.29 is 14.7 Å². The monoisotopic (exact) mass is 256 g/mol. The maximum Gasteiger partial charge on any atom is 0.310 e. The maximum absolute atomic E-state index is 12.0. The molecule has 0 heterocycles. The highest BCUT2D eigenvalue weighted by molar-refractivity contribution is 5.81. The molecule has 1 rings (SSSR count). The zero-order chi connectivity index (χ0) is 13.8. The van der Waals surface area contributed by atoms with Gasteiger partial charge in [0.15, 0.2) is 0 Å². The maximum atomic E-state index is 12.0. The van der Waals surface area contributed by atoms with Crippen molar-refractivity contribution in [1.29, 1.82) is 0 Å². The summed E-state index contributed by atoms with van der Waals surface area (Å²) in [6, 6.07) is -0.0968. The number of aliphatic carboxylic acids is 1. The topological polar surface area (TPSA) is 92.4 Å². The van der Waals surface area contributed by atoms with E-state index in [-0.39, 0.29) is 24.4 Å². The number of hydrogen-bond acceptors (Lipinski definition) is 3. The molecule has 0 bridgehead atoms. The third kappa shape index (κ3) is 3.98. The number of nitrogens with one attached hydrogen (secondary N) is 1. The van der Waals surface area contributed by atoms with E-state index in [9.17, 15) is 9.59 Å². The number of carbonyl (C=O) groups is 2. The van der Waals surface area contributed by atoms with Crippen molar-refractivity contribution in [3.05, 3.63) is 0 Å². The van der Waals surface area contributed by atoms with E-state index in [2.05, 4.69) is 5.32 Å². The average Bonchev–Trinajstić information content (AvgIpc) is 2.50. The number of rotatable bonds is 4. The summed E-state index contributed by atoms with van der Waals surface area (Å²) in [4.78, 5) is 23.0. The van der Waals surface area contributed by atoms with Crippen LogP contribution in [-0.2, 0) is 9.59 Å². The molecule has 2 atom stereocenters. The van der Waals surface area contributed by atoms with E-state index in [0.29, 0.717) is 0 Å². The van der Waals surface area contributed by atoms with Gasteiger partial charge in [-0.15, -0.1) is 0 Å². The molecule has 104 valence electrons. The van der Waals surface area contributed by atoms with E-state index >= 15 is 0 Å². The van der Waals surface area contributed by atoms with Crippen molar-refractivity contribution in [3.8, 4) is 0 Å². The fraction of sp³-hybridized carbons (Fsp3) is 0.846. The van der Waals surface area contributed by atoms with E-state index in [1.165, 1.54) is 0 Å². The third-order valence-corrected chi connectivity index (χ3v) is 3.69. The summed E-state index contributed by atoms with van der Waals surface area (Å²) in [6.45, 7) is 3.34. The summed E-state index contributed by atoms with van der Waals surface area (Å²) in [5.74, 6) is -1.18. The molecule has 5 heteroatoms. The van der Waals surface area contributed by atoms with E-state index in [4.69, 9.17) is 10.8 Å². The van der Waals surface area contributed by atoms with Crippen molar-refractivity contribution in [2.75, 3.05) is 6.54 Å². The molecule has 1 fully saturated rings. The Labute approximate surface area is 108 Å². The molecule has 0 radical (unpaired) electrons. The molecular weight excluding hydrogens is 232 g/mol. The smallest absolute Gasteiger partial charge is 0.310 e. The van der Waals surface area contributed by atoms with Gasteiger partial charge >= 0.3 is 5.97 Å². The molecule has 1 saturated carbocycles. The predicted molar refractivity (Wildman–Crippen MR) is 69.0 cm³/mol. The van der Waals surface area contributed by atoms with Crippen LogP contribution in [0.4, 0.5) is 0 Å². The Bertz CT molecular complexity index is 315. The molecular formula is C13H24N2O3. The molecule has 4 N–H and O–H groups in total. The van der Waals surface area contributed by atoms with Crippen LogP contribution in [0.2, 0.25) is 0 Å². The van der Waals surface area contributed by atoms with Gasteiger partial charge in [-0.1, -0.05) is 19.3 Å². The molecule has 1 aliphatic carbocycles. The molecule has 0 aromatic carbocycles. The first-order chi connectivity index (χ1) is 8.34. The second kappa shape index (κ2) is 6.18. The number of carboxylic acid groups (broad SMARTS) is 1. The Balaban J connectivity index is 2.51. The van der Waals surface area contributed by atoms with Gasteiger partial charge in [-0.25, -0.2) is 0 Å². The van der Waals surface area contributed by atoms with Crippen molar-refractivity contribution >= 4 is 11.9 Å². The third-order valence-electron chi connectivity index (χ3n) is 3.69. The van der Waals surface area contributed by atoms with Crippen LogP contribution in [-0.4, -0.2) is 29.6 Å². The summed E-state index contributed by atoms with van der Waals surface area (Å²) in [5, 5.41) is 11.7. The zero-order valence-corrected chi connectivity index (χ0v) is 11.2. The summed E-state index contributed by atoms with van der Waals surface area (Å²) in [7, 11) is 0. The van der Waals surface area contributed by atoms with Crippen LogP contribution >= 0.6 is 0 Å².